The van der Waals surface area contributed by atoms with Gasteiger partial charge in [-0.05, 0) is 61.7 Å². The maximum absolute atomic E-state index is 6.09. The zero-order valence-electron chi connectivity index (χ0n) is 19.8. The van der Waals surface area contributed by atoms with Crippen molar-refractivity contribution in [2.75, 3.05) is 45.2 Å². The van der Waals surface area contributed by atoms with E-state index in [2.05, 4.69) is 94.2 Å². The molecule has 1 aliphatic heterocycles. The van der Waals surface area contributed by atoms with Crippen molar-refractivity contribution in [1.82, 2.24) is 0 Å². The van der Waals surface area contributed by atoms with E-state index in [-0.39, 0.29) is 5.92 Å². The second-order valence-electron chi connectivity index (χ2n) is 8.64. The first kappa shape index (κ1) is 21.1. The lowest BCUT2D eigenvalue weighted by molar-refractivity contribution is 0.402. The zero-order valence-corrected chi connectivity index (χ0v) is 19.8. The Morgan fingerprint density at radius 2 is 1.45 bits per heavy atom. The molecular formula is C27H32N2O2. The highest BCUT2D eigenvalue weighted by molar-refractivity contribution is 5.85. The molecule has 0 spiro atoms. The van der Waals surface area contributed by atoms with Crippen LogP contribution in [-0.2, 0) is 0 Å². The first-order valence-electron chi connectivity index (χ1n) is 10.7. The van der Waals surface area contributed by atoms with Crippen molar-refractivity contribution in [3.63, 3.8) is 0 Å². The molecule has 0 aromatic heterocycles. The first-order valence-corrected chi connectivity index (χ1v) is 10.7. The largest absolute Gasteiger partial charge is 0.496 e. The van der Waals surface area contributed by atoms with Crippen molar-refractivity contribution in [2.45, 2.75) is 26.7 Å². The van der Waals surface area contributed by atoms with E-state index in [1.165, 1.54) is 33.4 Å². The van der Waals surface area contributed by atoms with Crippen LogP contribution in [-0.4, -0.2) is 35.4 Å². The van der Waals surface area contributed by atoms with Crippen LogP contribution in [0, 0.1) is 20.8 Å². The molecule has 0 bridgehead atoms. The minimum absolute atomic E-state index is 0.00722. The number of methoxy groups -OCH3 is 2. The predicted molar refractivity (Wildman–Crippen MR) is 130 cm³/mol. The number of fused-ring (bicyclic) bond motifs is 2. The Kier molecular flexibility index (Phi) is 5.34. The van der Waals surface area contributed by atoms with E-state index in [1.807, 2.05) is 0 Å². The molecule has 0 fully saturated rings. The lowest BCUT2D eigenvalue weighted by Crippen LogP contribution is -2.25. The Hall–Kier alpha value is -3.14. The van der Waals surface area contributed by atoms with Gasteiger partial charge in [0.25, 0.3) is 0 Å². The molecule has 0 aliphatic carbocycles. The second kappa shape index (κ2) is 7.84. The van der Waals surface area contributed by atoms with Crippen LogP contribution >= 0.6 is 0 Å². The molecule has 4 heteroatoms. The Morgan fingerprint density at radius 3 is 2.03 bits per heavy atom. The number of hydrogen-bond acceptors (Lipinski definition) is 4. The molecule has 4 nitrogen and oxygen atoms in total. The van der Waals surface area contributed by atoms with Crippen LogP contribution < -0.4 is 19.3 Å². The lowest BCUT2D eigenvalue weighted by Gasteiger charge is -2.39. The summed E-state index contributed by atoms with van der Waals surface area (Å²) in [5, 5.41) is 0. The van der Waals surface area contributed by atoms with Crippen molar-refractivity contribution in [3.8, 4) is 11.5 Å². The third kappa shape index (κ3) is 3.21. The third-order valence-electron chi connectivity index (χ3n) is 6.43. The summed E-state index contributed by atoms with van der Waals surface area (Å²) in [5.74, 6) is 1.82. The number of benzene rings is 3. The monoisotopic (exact) mass is 416 g/mol. The normalized spacial score (nSPS) is 14.7. The Morgan fingerprint density at radius 1 is 0.806 bits per heavy atom. The summed E-state index contributed by atoms with van der Waals surface area (Å²) in [7, 11) is 9.76. The summed E-state index contributed by atoms with van der Waals surface area (Å²) in [4.78, 5) is 4.37. The summed E-state index contributed by atoms with van der Waals surface area (Å²) < 4.78 is 12.0. The Bertz CT molecular complexity index is 1130. The van der Waals surface area contributed by atoms with Crippen LogP contribution in [0.25, 0.3) is 0 Å². The number of anilines is 3. The van der Waals surface area contributed by atoms with E-state index < -0.39 is 0 Å². The Balaban J connectivity index is 2.17. The second-order valence-corrected chi connectivity index (χ2v) is 8.64. The third-order valence-corrected chi connectivity index (χ3v) is 6.43. The molecule has 1 aliphatic rings. The van der Waals surface area contributed by atoms with Gasteiger partial charge >= 0.3 is 0 Å². The number of hydrogen-bond donors (Lipinski definition) is 0. The topological polar surface area (TPSA) is 24.9 Å². The van der Waals surface area contributed by atoms with Crippen molar-refractivity contribution < 1.29 is 9.47 Å². The average molecular weight is 417 g/mol. The van der Waals surface area contributed by atoms with Gasteiger partial charge in [-0.2, -0.15) is 0 Å². The minimum atomic E-state index is 0.00722. The van der Waals surface area contributed by atoms with Gasteiger partial charge in [0.1, 0.15) is 11.5 Å². The van der Waals surface area contributed by atoms with Crippen LogP contribution in [0.4, 0.5) is 17.1 Å². The molecular weight excluding hydrogens is 384 g/mol. The summed E-state index contributed by atoms with van der Waals surface area (Å²) >= 11 is 0. The molecule has 1 unspecified atom stereocenters. The van der Waals surface area contributed by atoms with Gasteiger partial charge in [0.2, 0.25) is 0 Å². The molecule has 0 saturated carbocycles. The molecule has 0 radical (unpaired) electrons. The van der Waals surface area contributed by atoms with E-state index in [4.69, 9.17) is 9.47 Å². The summed E-state index contributed by atoms with van der Waals surface area (Å²) in [6, 6.07) is 15.2. The standard InChI is InChI=1S/C27H32N2O2/c1-16-14-17(2)23(18(3)15-16)26-24-19(10-9-11-22(24)30-7)29(6)20-12-13-21(28(4)5)27(31-8)25(20)26/h9-15,26H,1-8H3. The highest BCUT2D eigenvalue weighted by Crippen LogP contribution is 2.56. The van der Waals surface area contributed by atoms with Gasteiger partial charge in [-0.1, -0.05) is 23.8 Å². The molecule has 4 rings (SSSR count). The van der Waals surface area contributed by atoms with Crippen molar-refractivity contribution >= 4 is 17.1 Å². The molecule has 31 heavy (non-hydrogen) atoms. The van der Waals surface area contributed by atoms with Gasteiger partial charge in [0.15, 0.2) is 0 Å². The van der Waals surface area contributed by atoms with Crippen LogP contribution in [0.15, 0.2) is 42.5 Å². The van der Waals surface area contributed by atoms with Crippen molar-refractivity contribution in [3.05, 3.63) is 75.8 Å². The Labute approximate surface area is 186 Å². The van der Waals surface area contributed by atoms with Crippen LogP contribution in [0.2, 0.25) is 0 Å². The maximum atomic E-state index is 6.09. The average Bonchev–Trinajstić information content (AvgIpc) is 2.73. The number of nitrogens with zero attached hydrogens (tertiary/aromatic N) is 2. The van der Waals surface area contributed by atoms with E-state index in [9.17, 15) is 0 Å². The van der Waals surface area contributed by atoms with Crippen LogP contribution in [0.3, 0.4) is 0 Å². The first-order chi connectivity index (χ1) is 14.8. The fraction of sp³-hybridized carbons (Fsp3) is 0.333. The van der Waals surface area contributed by atoms with Gasteiger partial charge in [0, 0.05) is 49.6 Å². The number of aryl methyl sites for hydroxylation is 3. The summed E-state index contributed by atoms with van der Waals surface area (Å²) in [6.07, 6.45) is 0. The van der Waals surface area contributed by atoms with Crippen molar-refractivity contribution in [2.24, 2.45) is 0 Å². The van der Waals surface area contributed by atoms with Gasteiger partial charge in [-0.3, -0.25) is 0 Å². The van der Waals surface area contributed by atoms with Gasteiger partial charge in [-0.15, -0.1) is 0 Å². The molecule has 162 valence electrons. The van der Waals surface area contributed by atoms with Gasteiger partial charge in [-0.25, -0.2) is 0 Å². The lowest BCUT2D eigenvalue weighted by atomic mass is 9.76. The van der Waals surface area contributed by atoms with Crippen molar-refractivity contribution in [1.29, 1.82) is 0 Å². The van der Waals surface area contributed by atoms with Gasteiger partial charge in [0.05, 0.1) is 19.9 Å². The van der Waals surface area contributed by atoms with E-state index in [0.29, 0.717) is 0 Å². The predicted octanol–water partition coefficient (Wildman–Crippen LogP) is 5.96. The zero-order chi connectivity index (χ0) is 22.4. The molecule has 3 aromatic carbocycles. The number of rotatable bonds is 4. The van der Waals surface area contributed by atoms with E-state index in [0.717, 1.165) is 28.6 Å². The summed E-state index contributed by atoms with van der Waals surface area (Å²) in [6.45, 7) is 6.58. The molecule has 1 atom stereocenters. The molecule has 1 heterocycles. The number of ether oxygens (including phenoxy) is 2. The molecule has 0 saturated heterocycles. The van der Waals surface area contributed by atoms with Crippen LogP contribution in [0.5, 0.6) is 11.5 Å². The van der Waals surface area contributed by atoms with E-state index >= 15 is 0 Å². The quantitative estimate of drug-likeness (QED) is 0.524. The minimum Gasteiger partial charge on any atom is -0.496 e. The molecule has 0 N–H and O–H groups in total. The smallest absolute Gasteiger partial charge is 0.148 e. The molecule has 0 amide bonds. The molecule has 3 aromatic rings. The fourth-order valence-electron chi connectivity index (χ4n) is 5.22. The maximum Gasteiger partial charge on any atom is 0.148 e. The fourth-order valence-corrected chi connectivity index (χ4v) is 5.22. The highest BCUT2D eigenvalue weighted by Gasteiger charge is 2.37. The van der Waals surface area contributed by atoms with E-state index in [1.54, 1.807) is 14.2 Å². The summed E-state index contributed by atoms with van der Waals surface area (Å²) in [5.41, 5.74) is 10.9. The van der Waals surface area contributed by atoms with Crippen LogP contribution in [0.1, 0.15) is 39.3 Å². The SMILES string of the molecule is COc1cccc2c1C(c1c(C)cc(C)cc1C)c1c(ccc(N(C)C)c1OC)N2C. The highest BCUT2D eigenvalue weighted by atomic mass is 16.5. The van der Waals surface area contributed by atoms with Gasteiger partial charge < -0.3 is 19.3 Å².